The van der Waals surface area contributed by atoms with Gasteiger partial charge in [-0.15, -0.1) is 0 Å². The highest BCUT2D eigenvalue weighted by Crippen LogP contribution is 2.29. The summed E-state index contributed by atoms with van der Waals surface area (Å²) in [7, 11) is 0. The Balaban J connectivity index is 1.63. The molecular formula is C20H20N2O3. The third-order valence-corrected chi connectivity index (χ3v) is 4.55. The van der Waals surface area contributed by atoms with Crippen molar-refractivity contribution in [2.75, 3.05) is 36.5 Å². The van der Waals surface area contributed by atoms with Crippen LogP contribution in [-0.2, 0) is 4.74 Å². The van der Waals surface area contributed by atoms with Crippen molar-refractivity contribution < 1.29 is 13.9 Å². The van der Waals surface area contributed by atoms with Crippen molar-refractivity contribution in [1.82, 2.24) is 0 Å². The van der Waals surface area contributed by atoms with Gasteiger partial charge in [-0.3, -0.25) is 4.79 Å². The minimum absolute atomic E-state index is 0.227. The fourth-order valence-corrected chi connectivity index (χ4v) is 3.23. The number of hydrogen-bond donors (Lipinski definition) is 1. The van der Waals surface area contributed by atoms with Gasteiger partial charge in [-0.05, 0) is 25.1 Å². The lowest BCUT2D eigenvalue weighted by atomic mass is 10.1. The third kappa shape index (κ3) is 2.98. The topological polar surface area (TPSA) is 54.7 Å². The van der Waals surface area contributed by atoms with Crippen molar-refractivity contribution in [2.24, 2.45) is 0 Å². The number of carbonyl (C=O) groups excluding carboxylic acids is 1. The summed E-state index contributed by atoms with van der Waals surface area (Å²) in [5.74, 6) is 0.132. The van der Waals surface area contributed by atoms with Gasteiger partial charge in [-0.25, -0.2) is 0 Å². The summed E-state index contributed by atoms with van der Waals surface area (Å²) in [6.45, 7) is 4.94. The molecule has 4 rings (SSSR count). The molecule has 1 aromatic heterocycles. The zero-order valence-electron chi connectivity index (χ0n) is 14.1. The Hall–Kier alpha value is -2.79. The van der Waals surface area contributed by atoms with Crippen molar-refractivity contribution in [2.45, 2.75) is 6.92 Å². The molecule has 0 spiro atoms. The van der Waals surface area contributed by atoms with Gasteiger partial charge in [0.2, 0.25) is 0 Å². The Morgan fingerprint density at radius 1 is 1.04 bits per heavy atom. The number of hydrogen-bond acceptors (Lipinski definition) is 4. The number of nitrogens with zero attached hydrogens (tertiary/aromatic N) is 1. The number of rotatable bonds is 3. The van der Waals surface area contributed by atoms with Crippen molar-refractivity contribution in [3.8, 4) is 0 Å². The Labute approximate surface area is 146 Å². The van der Waals surface area contributed by atoms with Crippen LogP contribution in [0.3, 0.4) is 0 Å². The van der Waals surface area contributed by atoms with Crippen LogP contribution in [-0.4, -0.2) is 32.2 Å². The van der Waals surface area contributed by atoms with Gasteiger partial charge in [0.1, 0.15) is 5.58 Å². The van der Waals surface area contributed by atoms with Gasteiger partial charge >= 0.3 is 0 Å². The van der Waals surface area contributed by atoms with Crippen molar-refractivity contribution in [1.29, 1.82) is 0 Å². The molecule has 128 valence electrons. The van der Waals surface area contributed by atoms with Gasteiger partial charge in [-0.1, -0.05) is 30.3 Å². The standard InChI is InChI=1S/C20H20N2O3/c1-14-15-6-2-5-9-18(15)25-19(14)20(23)21-16-7-3-4-8-17(16)22-10-12-24-13-11-22/h2-9H,10-13H2,1H3,(H,21,23). The van der Waals surface area contributed by atoms with E-state index < -0.39 is 0 Å². The Bertz CT molecular complexity index is 910. The number of para-hydroxylation sites is 3. The first-order chi connectivity index (χ1) is 12.2. The number of fused-ring (bicyclic) bond motifs is 1. The number of anilines is 2. The lowest BCUT2D eigenvalue weighted by Gasteiger charge is -2.30. The maximum Gasteiger partial charge on any atom is 0.291 e. The number of benzene rings is 2. The highest BCUT2D eigenvalue weighted by Gasteiger charge is 2.20. The summed E-state index contributed by atoms with van der Waals surface area (Å²) >= 11 is 0. The van der Waals surface area contributed by atoms with E-state index in [1.807, 2.05) is 55.5 Å². The highest BCUT2D eigenvalue weighted by atomic mass is 16.5. The summed E-state index contributed by atoms with van der Waals surface area (Å²) in [5.41, 5.74) is 3.38. The fraction of sp³-hybridized carbons (Fsp3) is 0.250. The number of furan rings is 1. The second-order valence-electron chi connectivity index (χ2n) is 6.12. The summed E-state index contributed by atoms with van der Waals surface area (Å²) < 4.78 is 11.2. The molecule has 5 nitrogen and oxygen atoms in total. The van der Waals surface area contributed by atoms with Crippen LogP contribution in [0.15, 0.2) is 52.9 Å². The molecule has 1 N–H and O–H groups in total. The van der Waals surface area contributed by atoms with E-state index in [0.717, 1.165) is 41.0 Å². The van der Waals surface area contributed by atoms with E-state index in [-0.39, 0.29) is 5.91 Å². The summed E-state index contributed by atoms with van der Waals surface area (Å²) in [5, 5.41) is 3.98. The first-order valence-electron chi connectivity index (χ1n) is 8.45. The van der Waals surface area contributed by atoms with Crippen LogP contribution in [0.5, 0.6) is 0 Å². The first-order valence-corrected chi connectivity index (χ1v) is 8.45. The molecule has 0 saturated carbocycles. The van der Waals surface area contributed by atoms with E-state index >= 15 is 0 Å². The Morgan fingerprint density at radius 3 is 2.56 bits per heavy atom. The average Bonchev–Trinajstić information content (AvgIpc) is 3.00. The minimum atomic E-state index is -0.227. The number of morpholine rings is 1. The van der Waals surface area contributed by atoms with Gasteiger partial charge in [0.15, 0.2) is 5.76 Å². The predicted molar refractivity (Wildman–Crippen MR) is 98.4 cm³/mol. The molecule has 25 heavy (non-hydrogen) atoms. The molecule has 0 atom stereocenters. The molecule has 1 fully saturated rings. The number of aryl methyl sites for hydroxylation is 1. The van der Waals surface area contributed by atoms with Crippen LogP contribution in [0.2, 0.25) is 0 Å². The number of ether oxygens (including phenoxy) is 1. The van der Waals surface area contributed by atoms with E-state index in [0.29, 0.717) is 19.0 Å². The molecule has 0 unspecified atom stereocenters. The summed E-state index contributed by atoms with van der Waals surface area (Å²) in [4.78, 5) is 15.0. The van der Waals surface area contributed by atoms with Crippen molar-refractivity contribution in [3.05, 3.63) is 59.9 Å². The van der Waals surface area contributed by atoms with Gasteiger partial charge < -0.3 is 19.4 Å². The molecule has 1 aliphatic rings. The molecule has 1 saturated heterocycles. The minimum Gasteiger partial charge on any atom is -0.451 e. The molecule has 0 aliphatic carbocycles. The zero-order chi connectivity index (χ0) is 17.2. The van der Waals surface area contributed by atoms with E-state index in [9.17, 15) is 4.79 Å². The van der Waals surface area contributed by atoms with Crippen LogP contribution in [0.25, 0.3) is 11.0 Å². The first kappa shape index (κ1) is 15.7. The van der Waals surface area contributed by atoms with Crippen LogP contribution in [0.4, 0.5) is 11.4 Å². The lowest BCUT2D eigenvalue weighted by Crippen LogP contribution is -2.36. The third-order valence-electron chi connectivity index (χ3n) is 4.55. The second kappa shape index (κ2) is 6.61. The quantitative estimate of drug-likeness (QED) is 0.790. The Kier molecular flexibility index (Phi) is 4.15. The number of carbonyl (C=O) groups is 1. The van der Waals surface area contributed by atoms with Crippen molar-refractivity contribution in [3.63, 3.8) is 0 Å². The van der Waals surface area contributed by atoms with Crippen LogP contribution >= 0.6 is 0 Å². The van der Waals surface area contributed by atoms with E-state index in [1.165, 1.54) is 0 Å². The van der Waals surface area contributed by atoms with E-state index in [2.05, 4.69) is 10.2 Å². The van der Waals surface area contributed by atoms with Crippen LogP contribution < -0.4 is 10.2 Å². The van der Waals surface area contributed by atoms with Gasteiger partial charge in [0.05, 0.1) is 24.6 Å². The molecule has 0 radical (unpaired) electrons. The number of amides is 1. The summed E-state index contributed by atoms with van der Waals surface area (Å²) in [6.07, 6.45) is 0. The molecular weight excluding hydrogens is 316 g/mol. The molecule has 2 heterocycles. The smallest absolute Gasteiger partial charge is 0.291 e. The molecule has 3 aromatic rings. The van der Waals surface area contributed by atoms with E-state index in [4.69, 9.17) is 9.15 Å². The van der Waals surface area contributed by atoms with Crippen LogP contribution in [0, 0.1) is 6.92 Å². The van der Waals surface area contributed by atoms with Gasteiger partial charge in [0.25, 0.3) is 5.91 Å². The maximum absolute atomic E-state index is 12.8. The molecule has 1 aliphatic heterocycles. The van der Waals surface area contributed by atoms with Gasteiger partial charge in [-0.2, -0.15) is 0 Å². The Morgan fingerprint density at radius 2 is 1.76 bits per heavy atom. The normalized spacial score (nSPS) is 14.7. The average molecular weight is 336 g/mol. The fourth-order valence-electron chi connectivity index (χ4n) is 3.23. The van der Waals surface area contributed by atoms with E-state index in [1.54, 1.807) is 0 Å². The summed E-state index contributed by atoms with van der Waals surface area (Å²) in [6, 6.07) is 15.5. The monoisotopic (exact) mass is 336 g/mol. The predicted octanol–water partition coefficient (Wildman–Crippen LogP) is 3.83. The van der Waals surface area contributed by atoms with Gasteiger partial charge in [0, 0.05) is 24.0 Å². The second-order valence-corrected chi connectivity index (χ2v) is 6.12. The van der Waals surface area contributed by atoms with Crippen LogP contribution in [0.1, 0.15) is 16.1 Å². The highest BCUT2D eigenvalue weighted by molar-refractivity contribution is 6.07. The molecule has 5 heteroatoms. The number of nitrogens with one attached hydrogen (secondary N) is 1. The zero-order valence-corrected chi connectivity index (χ0v) is 14.1. The lowest BCUT2D eigenvalue weighted by molar-refractivity contribution is 0.0998. The largest absolute Gasteiger partial charge is 0.451 e. The van der Waals surface area contributed by atoms with Crippen molar-refractivity contribution >= 4 is 28.3 Å². The SMILES string of the molecule is Cc1c(C(=O)Nc2ccccc2N2CCOCC2)oc2ccccc12. The molecule has 1 amide bonds. The molecule has 2 aromatic carbocycles. The maximum atomic E-state index is 12.8. The molecule has 0 bridgehead atoms.